The maximum absolute atomic E-state index is 13.1. The van der Waals surface area contributed by atoms with Crippen molar-refractivity contribution in [3.63, 3.8) is 0 Å². The quantitative estimate of drug-likeness (QED) is 0.731. The molecule has 3 aliphatic carbocycles. The largest absolute Gasteiger partial charge is 0.485 e. The minimum Gasteiger partial charge on any atom is -0.485 e. The van der Waals surface area contributed by atoms with E-state index in [9.17, 15) is 4.79 Å². The summed E-state index contributed by atoms with van der Waals surface area (Å²) in [5.74, 6) is 3.40. The van der Waals surface area contributed by atoms with Crippen molar-refractivity contribution in [1.29, 1.82) is 0 Å². The number of hydrogen-bond acceptors (Lipinski definition) is 4. The zero-order valence-electron chi connectivity index (χ0n) is 17.9. The average Bonchev–Trinajstić information content (AvgIpc) is 3.54. The zero-order chi connectivity index (χ0) is 20.6. The molecule has 2 aromatic rings. The first-order chi connectivity index (χ1) is 15.2. The highest BCUT2D eigenvalue weighted by Gasteiger charge is 2.66. The Labute approximate surface area is 183 Å². The third-order valence-electron chi connectivity index (χ3n) is 8.63. The van der Waals surface area contributed by atoms with Crippen molar-refractivity contribution in [2.45, 2.75) is 62.7 Å². The maximum atomic E-state index is 13.1. The van der Waals surface area contributed by atoms with E-state index >= 15 is 0 Å². The molecule has 4 nitrogen and oxygen atoms in total. The lowest BCUT2D eigenvalue weighted by Gasteiger charge is -2.57. The topological polar surface area (TPSA) is 38.8 Å². The van der Waals surface area contributed by atoms with Crippen molar-refractivity contribution < 1.29 is 14.3 Å². The highest BCUT2D eigenvalue weighted by Crippen LogP contribution is 2.63. The number of ketones is 1. The third kappa shape index (κ3) is 2.60. The van der Waals surface area contributed by atoms with Gasteiger partial charge in [0, 0.05) is 30.0 Å². The van der Waals surface area contributed by atoms with Gasteiger partial charge >= 0.3 is 0 Å². The van der Waals surface area contributed by atoms with Gasteiger partial charge in [-0.2, -0.15) is 0 Å². The number of carbonyl (C=O) groups is 1. The molecule has 0 N–H and O–H groups in total. The summed E-state index contributed by atoms with van der Waals surface area (Å²) in [4.78, 5) is 15.9. The lowest BCUT2D eigenvalue weighted by atomic mass is 9.51. The minimum absolute atomic E-state index is 0.130. The van der Waals surface area contributed by atoms with E-state index in [1.54, 1.807) is 0 Å². The van der Waals surface area contributed by atoms with Crippen molar-refractivity contribution in [1.82, 2.24) is 4.90 Å². The fraction of sp³-hybridized carbons (Fsp3) is 0.519. The number of piperidine rings is 1. The predicted octanol–water partition coefficient (Wildman–Crippen LogP) is 4.28. The molecular formula is C27H29NO3. The van der Waals surface area contributed by atoms with Gasteiger partial charge in [-0.15, -0.1) is 0 Å². The number of nitrogens with zero attached hydrogens (tertiary/aromatic N) is 1. The monoisotopic (exact) mass is 415 g/mol. The second kappa shape index (κ2) is 6.59. The Balaban J connectivity index is 1.29. The maximum Gasteiger partial charge on any atom is 0.174 e. The molecule has 2 saturated carbocycles. The van der Waals surface area contributed by atoms with E-state index in [1.807, 2.05) is 18.2 Å². The molecule has 4 atom stereocenters. The summed E-state index contributed by atoms with van der Waals surface area (Å²) in [5.41, 5.74) is 3.72. The van der Waals surface area contributed by atoms with Gasteiger partial charge in [0.25, 0.3) is 0 Å². The Kier molecular flexibility index (Phi) is 3.88. The number of Topliss-reactive ketones (excluding diaryl/α,β-unsaturated/α-hetero) is 1. The summed E-state index contributed by atoms with van der Waals surface area (Å²) >= 11 is 0. The Morgan fingerprint density at radius 1 is 1.10 bits per heavy atom. The molecule has 2 bridgehead atoms. The summed E-state index contributed by atoms with van der Waals surface area (Å²) in [7, 11) is 0. The standard InChI is InChI=1S/C27H29NO3/c29-22-10-9-20-21-14-19-8-11-23(30-16-18-4-2-1-3-5-18)25-24(19)27(20,26(22)31-25)12-13-28(21)15-17-6-7-17/h1-5,8,11,17,20-21,26H,6-7,9-10,12-16H2/t20-,21+,26-,27?/m1/s1. The smallest absolute Gasteiger partial charge is 0.174 e. The normalized spacial score (nSPS) is 33.0. The number of benzene rings is 2. The summed E-state index contributed by atoms with van der Waals surface area (Å²) in [6.45, 7) is 2.86. The Bertz CT molecular complexity index is 1050. The molecule has 2 aliphatic heterocycles. The second-order valence-corrected chi connectivity index (χ2v) is 10.3. The van der Waals surface area contributed by atoms with Crippen LogP contribution in [0.3, 0.4) is 0 Å². The van der Waals surface area contributed by atoms with Crippen LogP contribution in [0.5, 0.6) is 11.5 Å². The Morgan fingerprint density at radius 3 is 2.81 bits per heavy atom. The van der Waals surface area contributed by atoms with Crippen LogP contribution in [0.1, 0.15) is 48.8 Å². The van der Waals surface area contributed by atoms with E-state index in [0.717, 1.165) is 48.8 Å². The van der Waals surface area contributed by atoms with E-state index in [-0.39, 0.29) is 11.5 Å². The summed E-state index contributed by atoms with van der Waals surface area (Å²) < 4.78 is 12.8. The van der Waals surface area contributed by atoms with Gasteiger partial charge in [0.15, 0.2) is 23.4 Å². The molecule has 3 fully saturated rings. The van der Waals surface area contributed by atoms with Crippen LogP contribution in [0.25, 0.3) is 0 Å². The highest BCUT2D eigenvalue weighted by atomic mass is 16.5. The summed E-state index contributed by atoms with van der Waals surface area (Å²) in [6, 6.07) is 15.1. The van der Waals surface area contributed by atoms with E-state index in [4.69, 9.17) is 9.47 Å². The summed E-state index contributed by atoms with van der Waals surface area (Å²) in [6.07, 6.45) is 6.28. The van der Waals surface area contributed by atoms with E-state index < -0.39 is 0 Å². The number of carbonyl (C=O) groups excluding carboxylic acids is 1. The fourth-order valence-electron chi connectivity index (χ4n) is 7.11. The number of likely N-dealkylation sites (tertiary alicyclic amines) is 1. The third-order valence-corrected chi connectivity index (χ3v) is 8.63. The Morgan fingerprint density at radius 2 is 1.97 bits per heavy atom. The highest BCUT2D eigenvalue weighted by molar-refractivity contribution is 5.89. The molecule has 4 heteroatoms. The predicted molar refractivity (Wildman–Crippen MR) is 117 cm³/mol. The van der Waals surface area contributed by atoms with Crippen LogP contribution in [-0.2, 0) is 23.2 Å². The SMILES string of the molecule is O=C1CC[C@@H]2[C@@H]3Cc4ccc(OCc5ccccc5)c5c4C2(CCN3CC2CC2)[C@@H]1O5. The van der Waals surface area contributed by atoms with Crippen LogP contribution in [0.4, 0.5) is 0 Å². The molecular weight excluding hydrogens is 386 g/mol. The van der Waals surface area contributed by atoms with Crippen LogP contribution >= 0.6 is 0 Å². The number of ether oxygens (including phenoxy) is 2. The molecule has 1 unspecified atom stereocenters. The molecule has 1 saturated heterocycles. The van der Waals surface area contributed by atoms with Crippen LogP contribution in [0.15, 0.2) is 42.5 Å². The molecule has 0 amide bonds. The molecule has 2 aromatic carbocycles. The second-order valence-electron chi connectivity index (χ2n) is 10.3. The molecule has 7 rings (SSSR count). The van der Waals surface area contributed by atoms with Crippen LogP contribution in [0, 0.1) is 11.8 Å². The van der Waals surface area contributed by atoms with Gasteiger partial charge < -0.3 is 9.47 Å². The van der Waals surface area contributed by atoms with Crippen LogP contribution in [-0.4, -0.2) is 35.9 Å². The van der Waals surface area contributed by atoms with Gasteiger partial charge in [-0.25, -0.2) is 0 Å². The minimum atomic E-state index is -0.313. The average molecular weight is 416 g/mol. The molecule has 1 spiro atoms. The van der Waals surface area contributed by atoms with Crippen molar-refractivity contribution in [2.75, 3.05) is 13.1 Å². The van der Waals surface area contributed by atoms with E-state index in [1.165, 1.54) is 30.5 Å². The van der Waals surface area contributed by atoms with Gasteiger partial charge in [-0.05, 0) is 67.7 Å². The Hall–Kier alpha value is -2.33. The zero-order valence-corrected chi connectivity index (χ0v) is 17.9. The molecule has 5 aliphatic rings. The molecule has 31 heavy (non-hydrogen) atoms. The lowest BCUT2D eigenvalue weighted by molar-refractivity contribution is -0.138. The summed E-state index contributed by atoms with van der Waals surface area (Å²) in [5, 5.41) is 0. The van der Waals surface area contributed by atoms with Crippen molar-refractivity contribution in [3.05, 3.63) is 59.2 Å². The van der Waals surface area contributed by atoms with E-state index in [2.05, 4.69) is 29.2 Å². The van der Waals surface area contributed by atoms with E-state index in [0.29, 0.717) is 30.8 Å². The van der Waals surface area contributed by atoms with Gasteiger partial charge in [-0.3, -0.25) is 9.69 Å². The van der Waals surface area contributed by atoms with Crippen molar-refractivity contribution >= 4 is 5.78 Å². The molecule has 0 aromatic heterocycles. The first kappa shape index (κ1) is 18.3. The van der Waals surface area contributed by atoms with Crippen molar-refractivity contribution in [3.8, 4) is 11.5 Å². The molecule has 0 radical (unpaired) electrons. The van der Waals surface area contributed by atoms with Crippen LogP contribution < -0.4 is 9.47 Å². The fourth-order valence-corrected chi connectivity index (χ4v) is 7.11. The van der Waals surface area contributed by atoms with Gasteiger partial charge in [-0.1, -0.05) is 36.4 Å². The first-order valence-electron chi connectivity index (χ1n) is 12.0. The van der Waals surface area contributed by atoms with Crippen molar-refractivity contribution in [2.24, 2.45) is 11.8 Å². The van der Waals surface area contributed by atoms with Crippen LogP contribution in [0.2, 0.25) is 0 Å². The first-order valence-corrected chi connectivity index (χ1v) is 12.0. The van der Waals surface area contributed by atoms with Gasteiger partial charge in [0.2, 0.25) is 0 Å². The number of hydrogen-bond donors (Lipinski definition) is 0. The number of rotatable bonds is 5. The molecule has 160 valence electrons. The lowest BCUT2D eigenvalue weighted by Crippen LogP contribution is -2.66. The van der Waals surface area contributed by atoms with Gasteiger partial charge in [0.05, 0.1) is 0 Å². The molecule has 2 heterocycles. The van der Waals surface area contributed by atoms with Gasteiger partial charge in [0.1, 0.15) is 6.61 Å².